The zero-order chi connectivity index (χ0) is 82.3. The van der Waals surface area contributed by atoms with Crippen LogP contribution in [0, 0.1) is 30.5 Å². The standard InChI is InChI=1S/C77H106FN15O19S2/c1-52(2)67(85-76(101)112-77(4,5)6)71(97)82-61(17-12-25-80-73(79)100)70(96)81-57-22-21-55(56(47-57)50-110-51-58-48-92(90-87-58)26-30-103-32-34-105-36-38-107-40-42-109-44-43-108-41-39-106-37-35-104-33-31-102-29-24-66(94)95)49-93(8,9)27-13-15-54-20-23-62(59(78)46-54)111-28-14-19-64-68(72(98)99)84-75(114-64)91(7)65-45-53(3)69(89-88-65)86-74-83-60-16-10-11-18-63(60)113-74/h10-11,16,18,20-23,45-48,52,61,67H,12,14,17,19,24-44,49-51H2,1-9H3,(H8-,79,80,81,82,83,85,86,89,94,95,96,97,98,99,100,101)/p+1/t61-,67-/m0/s1. The zero-order valence-electron chi connectivity index (χ0n) is 66.1. The number of aromatic carboxylic acids is 1. The number of amides is 5. The van der Waals surface area contributed by atoms with Crippen LogP contribution >= 0.6 is 22.7 Å². The number of aromatic nitrogens is 7. The first-order valence-corrected chi connectivity index (χ1v) is 39.1. The van der Waals surface area contributed by atoms with Crippen molar-refractivity contribution in [3.8, 4) is 17.6 Å². The van der Waals surface area contributed by atoms with E-state index in [1.54, 1.807) is 75.6 Å². The average molecular weight is 1630 g/mol. The lowest BCUT2D eigenvalue weighted by atomic mass is 10.0. The van der Waals surface area contributed by atoms with Crippen molar-refractivity contribution in [3.63, 3.8) is 0 Å². The van der Waals surface area contributed by atoms with Crippen LogP contribution in [0.25, 0.3) is 10.2 Å². The normalized spacial score (nSPS) is 12.1. The number of primary amides is 1. The van der Waals surface area contributed by atoms with E-state index >= 15 is 4.39 Å². The Morgan fingerprint density at radius 1 is 0.719 bits per heavy atom. The molecule has 114 heavy (non-hydrogen) atoms. The van der Waals surface area contributed by atoms with E-state index in [-0.39, 0.29) is 63.7 Å². The van der Waals surface area contributed by atoms with Crippen LogP contribution in [0.5, 0.6) is 5.75 Å². The fourth-order valence-corrected chi connectivity index (χ4v) is 12.6. The Morgan fingerprint density at radius 3 is 1.97 bits per heavy atom. The lowest BCUT2D eigenvalue weighted by Gasteiger charge is -2.29. The average Bonchev–Trinajstić information content (AvgIpc) is 1.77. The molecule has 4 aromatic heterocycles. The first-order valence-electron chi connectivity index (χ1n) is 37.4. The highest BCUT2D eigenvalue weighted by Gasteiger charge is 2.31. The Kier molecular flexibility index (Phi) is 38.9. The van der Waals surface area contributed by atoms with Gasteiger partial charge in [0, 0.05) is 35.3 Å². The fraction of sp³-hybridized carbons (Fsp3) is 0.532. The molecule has 0 aliphatic heterocycles. The van der Waals surface area contributed by atoms with Gasteiger partial charge in [-0.25, -0.2) is 33.4 Å². The summed E-state index contributed by atoms with van der Waals surface area (Å²) in [4.78, 5) is 86.7. The fourth-order valence-electron chi connectivity index (χ4n) is 10.7. The van der Waals surface area contributed by atoms with E-state index in [1.807, 2.05) is 57.4 Å². The van der Waals surface area contributed by atoms with E-state index in [0.717, 1.165) is 21.3 Å². The van der Waals surface area contributed by atoms with Crippen molar-refractivity contribution in [2.24, 2.45) is 11.7 Å². The third kappa shape index (κ3) is 34.2. The molecule has 2 atom stereocenters. The van der Waals surface area contributed by atoms with Crippen LogP contribution in [0.2, 0.25) is 0 Å². The Morgan fingerprint density at radius 2 is 1.37 bits per heavy atom. The van der Waals surface area contributed by atoms with E-state index < -0.39 is 65.3 Å². The lowest BCUT2D eigenvalue weighted by molar-refractivity contribution is -0.896. The molecule has 0 fully saturated rings. The number of carboxylic acids is 2. The van der Waals surface area contributed by atoms with Crippen molar-refractivity contribution < 1.29 is 100.0 Å². The molecule has 9 N–H and O–H groups in total. The summed E-state index contributed by atoms with van der Waals surface area (Å²) in [7, 11) is 5.71. The number of para-hydroxylation sites is 1. The number of hydrogen-bond donors (Lipinski definition) is 8. The molecule has 0 radical (unpaired) electrons. The smallest absolute Gasteiger partial charge is 0.408 e. The quantitative estimate of drug-likeness (QED) is 0.0101. The summed E-state index contributed by atoms with van der Waals surface area (Å²) in [5.41, 5.74) is 8.97. The van der Waals surface area contributed by atoms with Gasteiger partial charge in [-0.1, -0.05) is 54.5 Å². The second-order valence-corrected chi connectivity index (χ2v) is 30.1. The molecule has 3 aromatic carbocycles. The van der Waals surface area contributed by atoms with E-state index in [9.17, 15) is 33.9 Å². The van der Waals surface area contributed by atoms with Crippen LogP contribution < -0.4 is 42.0 Å². The van der Waals surface area contributed by atoms with Crippen molar-refractivity contribution >= 4 is 96.4 Å². The summed E-state index contributed by atoms with van der Waals surface area (Å²) in [6, 6.07) is 16.6. The summed E-state index contributed by atoms with van der Waals surface area (Å²) in [6.07, 6.45) is 1.93. The molecule has 7 rings (SSSR count). The minimum absolute atomic E-state index is 0.0129. The van der Waals surface area contributed by atoms with E-state index in [2.05, 4.69) is 68.9 Å². The van der Waals surface area contributed by atoms with Gasteiger partial charge in [-0.2, -0.15) is 0 Å². The van der Waals surface area contributed by atoms with Crippen molar-refractivity contribution in [2.45, 2.75) is 118 Å². The van der Waals surface area contributed by atoms with Gasteiger partial charge in [-0.15, -0.1) is 26.6 Å². The van der Waals surface area contributed by atoms with Gasteiger partial charge in [0.1, 0.15) is 36.5 Å². The molecule has 0 aliphatic carbocycles. The summed E-state index contributed by atoms with van der Waals surface area (Å²) < 4.78 is 80.3. The molecular formula is C77H107FN15O19S2+. The number of carbonyl (C=O) groups is 6. The third-order valence-electron chi connectivity index (χ3n) is 16.4. The molecule has 5 amide bonds. The number of aliphatic carboxylic acids is 1. The molecule has 0 spiro atoms. The number of nitrogens with one attached hydrogen (secondary N) is 5. The van der Waals surface area contributed by atoms with Gasteiger partial charge >= 0.3 is 24.1 Å². The van der Waals surface area contributed by atoms with Gasteiger partial charge in [0.25, 0.3) is 0 Å². The van der Waals surface area contributed by atoms with Gasteiger partial charge in [0.2, 0.25) is 11.8 Å². The molecule has 37 heteroatoms. The van der Waals surface area contributed by atoms with Gasteiger partial charge in [-0.3, -0.25) is 14.4 Å². The Labute approximate surface area is 670 Å². The summed E-state index contributed by atoms with van der Waals surface area (Å²) >= 11 is 2.71. The largest absolute Gasteiger partial charge is 0.491 e. The summed E-state index contributed by atoms with van der Waals surface area (Å²) in [5.74, 6) is 3.01. The number of quaternary nitrogens is 1. The number of benzene rings is 3. The number of carbonyl (C=O) groups excluding carboxylic acids is 4. The Hall–Kier alpha value is -9.69. The van der Waals surface area contributed by atoms with Crippen LogP contribution in [-0.4, -0.2) is 250 Å². The predicted molar refractivity (Wildman–Crippen MR) is 424 cm³/mol. The third-order valence-corrected chi connectivity index (χ3v) is 18.5. The molecule has 34 nitrogen and oxygen atoms in total. The van der Waals surface area contributed by atoms with Gasteiger partial charge in [0.05, 0.1) is 169 Å². The van der Waals surface area contributed by atoms with Crippen LogP contribution in [0.3, 0.4) is 0 Å². The maximum Gasteiger partial charge on any atom is 0.408 e. The number of ether oxygens (including phenoxy) is 11. The molecule has 0 aliphatic rings. The second kappa shape index (κ2) is 48.5. The number of carboxylic acid groups (broad SMARTS) is 2. The topological polar surface area (TPSA) is 416 Å². The van der Waals surface area contributed by atoms with Crippen molar-refractivity contribution in [2.75, 3.05) is 162 Å². The van der Waals surface area contributed by atoms with E-state index in [0.29, 0.717) is 185 Å². The number of alkyl carbamates (subject to hydrolysis) is 1. The number of nitrogens with zero attached hydrogens (tertiary/aromatic N) is 9. The number of hydrogen-bond acceptors (Lipinski definition) is 27. The SMILES string of the molecule is Cc1cc(N(C)c2nc(C(=O)O)c(CCCOc3ccc(C#CC[N+](C)(C)Cc4ccc(NC(=O)[C@H](CCCNC(N)=O)NC(=O)[C@@H](NC(=O)OC(C)(C)C)C(C)C)cc4COCc4cn(CCOCCOCCOCCOCCOCCOCCOCCOCCC(=O)O)nn4)cc3F)s2)nnc1Nc1nc2ccccc2s1. The number of aryl methyl sites for hydroxylation is 2. The lowest BCUT2D eigenvalue weighted by Crippen LogP contribution is -2.55. The van der Waals surface area contributed by atoms with Crippen LogP contribution in [-0.2, 0) is 94.5 Å². The van der Waals surface area contributed by atoms with E-state index in [1.165, 1.54) is 34.8 Å². The first kappa shape index (κ1) is 91.5. The minimum Gasteiger partial charge on any atom is -0.491 e. The molecule has 0 unspecified atom stereocenters. The number of anilines is 5. The number of fused-ring (bicyclic) bond motifs is 1. The second-order valence-electron chi connectivity index (χ2n) is 28.0. The van der Waals surface area contributed by atoms with Gasteiger partial charge in [0.15, 0.2) is 39.2 Å². The minimum atomic E-state index is -1.18. The predicted octanol–water partition coefficient (Wildman–Crippen LogP) is 8.18. The number of nitrogens with two attached hydrogens (primary N) is 1. The Bertz CT molecular complexity index is 4210. The molecular weight excluding hydrogens is 1520 g/mol. The molecule has 7 aromatic rings. The van der Waals surface area contributed by atoms with Gasteiger partial charge in [-0.05, 0) is 125 Å². The maximum atomic E-state index is 15.7. The Balaban J connectivity index is 0.883. The van der Waals surface area contributed by atoms with Crippen molar-refractivity contribution in [3.05, 3.63) is 117 Å². The molecule has 4 heterocycles. The van der Waals surface area contributed by atoms with Crippen molar-refractivity contribution in [1.82, 2.24) is 51.1 Å². The summed E-state index contributed by atoms with van der Waals surface area (Å²) in [6.45, 7) is 18.0. The van der Waals surface area contributed by atoms with Crippen LogP contribution in [0.15, 0.2) is 72.9 Å². The molecule has 0 saturated heterocycles. The monoisotopic (exact) mass is 1630 g/mol. The highest BCUT2D eigenvalue weighted by molar-refractivity contribution is 7.22. The molecule has 622 valence electrons. The number of urea groups is 1. The number of thiazole rings is 2. The zero-order valence-corrected chi connectivity index (χ0v) is 67.7. The number of rotatable bonds is 54. The highest BCUT2D eigenvalue weighted by Crippen LogP contribution is 2.34. The molecule has 0 bridgehead atoms. The number of halogens is 1. The highest BCUT2D eigenvalue weighted by atomic mass is 32.1. The van der Waals surface area contributed by atoms with Gasteiger partial charge < -0.3 is 104 Å². The van der Waals surface area contributed by atoms with Crippen molar-refractivity contribution in [1.29, 1.82) is 0 Å². The van der Waals surface area contributed by atoms with E-state index in [4.69, 9.17) is 62.9 Å². The van der Waals surface area contributed by atoms with Crippen LogP contribution in [0.4, 0.5) is 41.6 Å². The molecule has 0 saturated carbocycles. The first-order chi connectivity index (χ1) is 54.7. The van der Waals surface area contributed by atoms with Crippen LogP contribution in [0.1, 0.15) is 104 Å². The summed E-state index contributed by atoms with van der Waals surface area (Å²) in [5, 5.41) is 51.3. The maximum absolute atomic E-state index is 15.7.